The van der Waals surface area contributed by atoms with E-state index in [2.05, 4.69) is 47.9 Å². The topological polar surface area (TPSA) is 47.1 Å². The van der Waals surface area contributed by atoms with Crippen molar-refractivity contribution >= 4 is 5.65 Å². The number of fused-ring (bicyclic) bond motifs is 1. The molecule has 0 aliphatic carbocycles. The molecule has 3 aromatic heterocycles. The van der Waals surface area contributed by atoms with E-state index in [0.29, 0.717) is 6.04 Å². The van der Waals surface area contributed by atoms with Gasteiger partial charge in [-0.3, -0.25) is 0 Å². The second kappa shape index (κ2) is 5.33. The molecule has 1 N–H and O–H groups in total. The molecule has 0 atom stereocenters. The molecule has 3 aromatic rings. The van der Waals surface area contributed by atoms with Crippen molar-refractivity contribution in [3.05, 3.63) is 47.5 Å². The van der Waals surface area contributed by atoms with Crippen LogP contribution in [0.5, 0.6) is 0 Å². The summed E-state index contributed by atoms with van der Waals surface area (Å²) in [7, 11) is 0. The number of nitrogens with zero attached hydrogens (tertiary/aromatic N) is 4. The van der Waals surface area contributed by atoms with Crippen molar-refractivity contribution in [1.29, 1.82) is 0 Å². The Morgan fingerprint density at radius 3 is 2.71 bits per heavy atom. The van der Waals surface area contributed by atoms with E-state index in [1.54, 1.807) is 0 Å². The fraction of sp³-hybridized carbons (Fsp3) is 0.375. The molecule has 3 heterocycles. The van der Waals surface area contributed by atoms with Gasteiger partial charge in [0.1, 0.15) is 5.65 Å². The van der Waals surface area contributed by atoms with E-state index in [9.17, 15) is 0 Å². The third kappa shape index (κ3) is 2.56. The molecular formula is C16H21N5. The quantitative estimate of drug-likeness (QED) is 0.800. The van der Waals surface area contributed by atoms with Crippen LogP contribution in [-0.4, -0.2) is 25.2 Å². The standard InChI is InChI=1S/C16H21N5/c1-11(2)17-10-14-16(21-13(4)9-12(3)19-21)18-15-7-5-6-8-20(14)15/h5-9,11,17H,10H2,1-4H3. The van der Waals surface area contributed by atoms with Crippen LogP contribution in [0.25, 0.3) is 11.5 Å². The molecule has 0 amide bonds. The maximum atomic E-state index is 4.76. The molecule has 21 heavy (non-hydrogen) atoms. The smallest absolute Gasteiger partial charge is 0.177 e. The van der Waals surface area contributed by atoms with E-state index in [4.69, 9.17) is 4.98 Å². The summed E-state index contributed by atoms with van der Waals surface area (Å²) in [6.45, 7) is 9.12. The molecule has 5 heteroatoms. The minimum absolute atomic E-state index is 0.424. The van der Waals surface area contributed by atoms with Gasteiger partial charge in [0.25, 0.3) is 0 Å². The summed E-state index contributed by atoms with van der Waals surface area (Å²) in [4.78, 5) is 4.76. The van der Waals surface area contributed by atoms with Gasteiger partial charge in [0.2, 0.25) is 0 Å². The summed E-state index contributed by atoms with van der Waals surface area (Å²) in [5.41, 5.74) is 4.18. The molecule has 110 valence electrons. The fourth-order valence-corrected chi connectivity index (χ4v) is 2.51. The summed E-state index contributed by atoms with van der Waals surface area (Å²) in [5, 5.41) is 8.05. The Balaban J connectivity index is 2.16. The van der Waals surface area contributed by atoms with Gasteiger partial charge in [-0.05, 0) is 32.0 Å². The number of imidazole rings is 1. The van der Waals surface area contributed by atoms with Crippen LogP contribution in [0.3, 0.4) is 0 Å². The summed E-state index contributed by atoms with van der Waals surface area (Å²) in [5.74, 6) is 0.903. The van der Waals surface area contributed by atoms with Crippen LogP contribution in [0.2, 0.25) is 0 Å². The molecule has 5 nitrogen and oxygen atoms in total. The third-order valence-corrected chi connectivity index (χ3v) is 3.50. The maximum Gasteiger partial charge on any atom is 0.177 e. The molecule has 0 aliphatic rings. The van der Waals surface area contributed by atoms with Gasteiger partial charge < -0.3 is 9.72 Å². The molecule has 0 bridgehead atoms. The fourth-order valence-electron chi connectivity index (χ4n) is 2.51. The summed E-state index contributed by atoms with van der Waals surface area (Å²) in [6, 6.07) is 8.55. The van der Waals surface area contributed by atoms with Crippen LogP contribution in [0.4, 0.5) is 0 Å². The highest BCUT2D eigenvalue weighted by molar-refractivity contribution is 5.49. The van der Waals surface area contributed by atoms with Crippen molar-refractivity contribution in [1.82, 2.24) is 24.5 Å². The zero-order chi connectivity index (χ0) is 15.0. The number of hydrogen-bond donors (Lipinski definition) is 1. The highest BCUT2D eigenvalue weighted by Gasteiger charge is 2.16. The lowest BCUT2D eigenvalue weighted by Crippen LogP contribution is -2.23. The van der Waals surface area contributed by atoms with E-state index in [1.807, 2.05) is 29.8 Å². The summed E-state index contributed by atoms with van der Waals surface area (Å²) >= 11 is 0. The Kier molecular flexibility index (Phi) is 3.51. The zero-order valence-electron chi connectivity index (χ0n) is 13.0. The van der Waals surface area contributed by atoms with Gasteiger partial charge in [0.15, 0.2) is 5.82 Å². The first-order valence-electron chi connectivity index (χ1n) is 7.29. The average Bonchev–Trinajstić information content (AvgIpc) is 2.96. The number of pyridine rings is 1. The molecule has 0 saturated heterocycles. The average molecular weight is 283 g/mol. The van der Waals surface area contributed by atoms with Crippen LogP contribution in [-0.2, 0) is 6.54 Å². The van der Waals surface area contributed by atoms with Crippen LogP contribution < -0.4 is 5.32 Å². The van der Waals surface area contributed by atoms with E-state index >= 15 is 0 Å². The SMILES string of the molecule is Cc1cc(C)n(-c2nc3ccccn3c2CNC(C)C)n1. The van der Waals surface area contributed by atoms with E-state index in [-0.39, 0.29) is 0 Å². The molecule has 3 rings (SSSR count). The van der Waals surface area contributed by atoms with Gasteiger partial charge >= 0.3 is 0 Å². The van der Waals surface area contributed by atoms with Crippen molar-refractivity contribution in [2.45, 2.75) is 40.3 Å². The van der Waals surface area contributed by atoms with Gasteiger partial charge in [-0.25, -0.2) is 9.67 Å². The second-order valence-electron chi connectivity index (χ2n) is 5.69. The first kappa shape index (κ1) is 13.8. The molecule has 0 aliphatic heterocycles. The first-order chi connectivity index (χ1) is 10.1. The van der Waals surface area contributed by atoms with E-state index < -0.39 is 0 Å². The van der Waals surface area contributed by atoms with Crippen LogP contribution in [0.15, 0.2) is 30.5 Å². The van der Waals surface area contributed by atoms with Crippen LogP contribution in [0, 0.1) is 13.8 Å². The molecule has 0 saturated carbocycles. The van der Waals surface area contributed by atoms with Crippen molar-refractivity contribution in [3.8, 4) is 5.82 Å². The van der Waals surface area contributed by atoms with Crippen molar-refractivity contribution < 1.29 is 0 Å². The molecule has 0 fully saturated rings. The predicted octanol–water partition coefficient (Wildman–Crippen LogP) is 2.63. The van der Waals surface area contributed by atoms with Gasteiger partial charge in [-0.2, -0.15) is 5.10 Å². The molecule has 0 spiro atoms. The highest BCUT2D eigenvalue weighted by atomic mass is 15.3. The molecular weight excluding hydrogens is 262 g/mol. The number of aryl methyl sites for hydroxylation is 2. The Morgan fingerprint density at radius 2 is 2.05 bits per heavy atom. The molecule has 0 aromatic carbocycles. The lowest BCUT2D eigenvalue weighted by molar-refractivity contribution is 0.576. The number of aromatic nitrogens is 4. The molecule has 0 radical (unpaired) electrons. The summed E-state index contributed by atoms with van der Waals surface area (Å²) in [6.07, 6.45) is 2.05. The second-order valence-corrected chi connectivity index (χ2v) is 5.69. The largest absolute Gasteiger partial charge is 0.309 e. The van der Waals surface area contributed by atoms with Crippen LogP contribution in [0.1, 0.15) is 30.9 Å². The minimum Gasteiger partial charge on any atom is -0.309 e. The number of rotatable bonds is 4. The number of nitrogens with one attached hydrogen (secondary N) is 1. The molecule has 0 unspecified atom stereocenters. The van der Waals surface area contributed by atoms with Crippen molar-refractivity contribution in [3.63, 3.8) is 0 Å². The zero-order valence-corrected chi connectivity index (χ0v) is 13.0. The Morgan fingerprint density at radius 1 is 1.24 bits per heavy atom. The predicted molar refractivity (Wildman–Crippen MR) is 83.8 cm³/mol. The Labute approximate surface area is 124 Å². The first-order valence-corrected chi connectivity index (χ1v) is 7.29. The van der Waals surface area contributed by atoms with Gasteiger partial charge in [-0.1, -0.05) is 19.9 Å². The normalized spacial score (nSPS) is 11.7. The van der Waals surface area contributed by atoms with E-state index in [1.165, 1.54) is 0 Å². The lowest BCUT2D eigenvalue weighted by atomic mass is 10.3. The highest BCUT2D eigenvalue weighted by Crippen LogP contribution is 2.18. The minimum atomic E-state index is 0.424. The monoisotopic (exact) mass is 283 g/mol. The van der Waals surface area contributed by atoms with Crippen LogP contribution >= 0.6 is 0 Å². The van der Waals surface area contributed by atoms with Gasteiger partial charge in [-0.15, -0.1) is 0 Å². The third-order valence-electron chi connectivity index (χ3n) is 3.50. The van der Waals surface area contributed by atoms with Gasteiger partial charge in [0, 0.05) is 24.5 Å². The lowest BCUT2D eigenvalue weighted by Gasteiger charge is -2.10. The Bertz CT molecular complexity index is 766. The maximum absolute atomic E-state index is 4.76. The van der Waals surface area contributed by atoms with Gasteiger partial charge in [0.05, 0.1) is 11.4 Å². The van der Waals surface area contributed by atoms with E-state index in [0.717, 1.165) is 35.1 Å². The number of hydrogen-bond acceptors (Lipinski definition) is 3. The van der Waals surface area contributed by atoms with Crippen molar-refractivity contribution in [2.24, 2.45) is 0 Å². The van der Waals surface area contributed by atoms with Crippen molar-refractivity contribution in [2.75, 3.05) is 0 Å². The summed E-state index contributed by atoms with van der Waals surface area (Å²) < 4.78 is 4.06. The Hall–Kier alpha value is -2.14.